The van der Waals surface area contributed by atoms with E-state index in [0.29, 0.717) is 0 Å². The topological polar surface area (TPSA) is 20.2 Å². The highest BCUT2D eigenvalue weighted by molar-refractivity contribution is 5.03. The second kappa shape index (κ2) is 4.57. The number of aliphatic hydroxyl groups is 1. The molecule has 0 aromatic carbocycles. The lowest BCUT2D eigenvalue weighted by molar-refractivity contribution is 0.206. The molecular formula is C8H16O. The van der Waals surface area contributed by atoms with Gasteiger partial charge in [0.2, 0.25) is 0 Å². The summed E-state index contributed by atoms with van der Waals surface area (Å²) in [5.41, 5.74) is 1.10. The molecule has 0 rings (SSSR count). The van der Waals surface area contributed by atoms with Crippen molar-refractivity contribution in [3.05, 3.63) is 11.6 Å². The maximum absolute atomic E-state index is 9.19. The Balaban J connectivity index is 3.70. The SMILES string of the molecule is CC/C=C(/C)C(O)CC. The maximum Gasteiger partial charge on any atom is 0.0744 e. The van der Waals surface area contributed by atoms with Crippen molar-refractivity contribution in [1.29, 1.82) is 0 Å². The van der Waals surface area contributed by atoms with Crippen LogP contribution in [0.2, 0.25) is 0 Å². The first-order valence-corrected chi connectivity index (χ1v) is 3.57. The van der Waals surface area contributed by atoms with E-state index < -0.39 is 0 Å². The average Bonchev–Trinajstić information content (AvgIpc) is 1.87. The molecule has 0 radical (unpaired) electrons. The maximum atomic E-state index is 9.19. The third kappa shape index (κ3) is 3.31. The summed E-state index contributed by atoms with van der Waals surface area (Å²) in [6, 6.07) is 0. The Kier molecular flexibility index (Phi) is 4.41. The third-order valence-electron chi connectivity index (χ3n) is 1.44. The molecule has 0 aliphatic rings. The van der Waals surface area contributed by atoms with Crippen LogP contribution in [0.4, 0.5) is 0 Å². The van der Waals surface area contributed by atoms with E-state index in [1.165, 1.54) is 0 Å². The fourth-order valence-corrected chi connectivity index (χ4v) is 0.780. The minimum atomic E-state index is -0.218. The molecule has 9 heavy (non-hydrogen) atoms. The molecule has 0 aromatic rings. The molecule has 1 N–H and O–H groups in total. The molecule has 1 nitrogen and oxygen atoms in total. The van der Waals surface area contributed by atoms with Crippen LogP contribution in [0.15, 0.2) is 11.6 Å². The molecule has 0 heterocycles. The van der Waals surface area contributed by atoms with Crippen molar-refractivity contribution in [2.75, 3.05) is 0 Å². The summed E-state index contributed by atoms with van der Waals surface area (Å²) in [7, 11) is 0. The van der Waals surface area contributed by atoms with E-state index in [0.717, 1.165) is 18.4 Å². The summed E-state index contributed by atoms with van der Waals surface area (Å²) in [5, 5.41) is 9.19. The number of hydrogen-bond donors (Lipinski definition) is 1. The minimum Gasteiger partial charge on any atom is -0.389 e. The van der Waals surface area contributed by atoms with Gasteiger partial charge in [0.1, 0.15) is 0 Å². The van der Waals surface area contributed by atoms with Crippen molar-refractivity contribution in [2.45, 2.75) is 39.7 Å². The van der Waals surface area contributed by atoms with Gasteiger partial charge in [-0.05, 0) is 25.3 Å². The summed E-state index contributed by atoms with van der Waals surface area (Å²) in [5.74, 6) is 0. The van der Waals surface area contributed by atoms with Crippen molar-refractivity contribution in [2.24, 2.45) is 0 Å². The summed E-state index contributed by atoms with van der Waals surface area (Å²) in [6.45, 7) is 6.03. The Morgan fingerprint density at radius 3 is 2.44 bits per heavy atom. The van der Waals surface area contributed by atoms with Gasteiger partial charge in [0.15, 0.2) is 0 Å². The third-order valence-corrected chi connectivity index (χ3v) is 1.44. The summed E-state index contributed by atoms with van der Waals surface area (Å²) < 4.78 is 0. The Morgan fingerprint density at radius 2 is 2.11 bits per heavy atom. The van der Waals surface area contributed by atoms with Crippen LogP contribution in [-0.4, -0.2) is 11.2 Å². The van der Waals surface area contributed by atoms with Crippen LogP contribution in [0.5, 0.6) is 0 Å². The molecule has 1 unspecified atom stereocenters. The van der Waals surface area contributed by atoms with Crippen LogP contribution in [0.1, 0.15) is 33.6 Å². The van der Waals surface area contributed by atoms with E-state index >= 15 is 0 Å². The molecule has 0 amide bonds. The molecule has 0 saturated heterocycles. The first kappa shape index (κ1) is 8.70. The van der Waals surface area contributed by atoms with Gasteiger partial charge in [0.25, 0.3) is 0 Å². The molecule has 0 spiro atoms. The van der Waals surface area contributed by atoms with Gasteiger partial charge in [-0.3, -0.25) is 0 Å². The fourth-order valence-electron chi connectivity index (χ4n) is 0.780. The average molecular weight is 128 g/mol. The molecular weight excluding hydrogens is 112 g/mol. The molecule has 0 aliphatic heterocycles. The molecule has 0 aliphatic carbocycles. The molecule has 0 bridgehead atoms. The standard InChI is InChI=1S/C8H16O/c1-4-6-7(3)8(9)5-2/h6,8-9H,4-5H2,1-3H3/b7-6-. The smallest absolute Gasteiger partial charge is 0.0744 e. The largest absolute Gasteiger partial charge is 0.389 e. The molecule has 1 heteroatoms. The van der Waals surface area contributed by atoms with Gasteiger partial charge in [-0.25, -0.2) is 0 Å². The summed E-state index contributed by atoms with van der Waals surface area (Å²) in [6.07, 6.45) is 3.68. The van der Waals surface area contributed by atoms with Gasteiger partial charge in [0, 0.05) is 0 Å². The van der Waals surface area contributed by atoms with Crippen LogP contribution in [0.25, 0.3) is 0 Å². The van der Waals surface area contributed by atoms with Crippen LogP contribution >= 0.6 is 0 Å². The second-order valence-electron chi connectivity index (χ2n) is 2.28. The number of aliphatic hydroxyl groups excluding tert-OH is 1. The summed E-state index contributed by atoms with van der Waals surface area (Å²) >= 11 is 0. The number of rotatable bonds is 3. The zero-order valence-electron chi connectivity index (χ0n) is 6.52. The first-order chi connectivity index (χ1) is 4.22. The van der Waals surface area contributed by atoms with Crippen molar-refractivity contribution in [3.63, 3.8) is 0 Å². The van der Waals surface area contributed by atoms with E-state index in [-0.39, 0.29) is 6.10 Å². The van der Waals surface area contributed by atoms with Crippen LogP contribution in [0, 0.1) is 0 Å². The van der Waals surface area contributed by atoms with Crippen molar-refractivity contribution >= 4 is 0 Å². The number of allylic oxidation sites excluding steroid dienone is 1. The van der Waals surface area contributed by atoms with E-state index in [1.807, 2.05) is 13.8 Å². The predicted octanol–water partition coefficient (Wildman–Crippen LogP) is 2.11. The lowest BCUT2D eigenvalue weighted by Gasteiger charge is -2.06. The molecule has 54 valence electrons. The highest BCUT2D eigenvalue weighted by Gasteiger charge is 1.99. The van der Waals surface area contributed by atoms with Gasteiger partial charge in [0.05, 0.1) is 6.10 Å². The van der Waals surface area contributed by atoms with Gasteiger partial charge < -0.3 is 5.11 Å². The van der Waals surface area contributed by atoms with E-state index in [4.69, 9.17) is 0 Å². The number of hydrogen-bond acceptors (Lipinski definition) is 1. The molecule has 0 saturated carbocycles. The Morgan fingerprint density at radius 1 is 1.56 bits per heavy atom. The lowest BCUT2D eigenvalue weighted by atomic mass is 10.1. The Hall–Kier alpha value is -0.300. The fraction of sp³-hybridized carbons (Fsp3) is 0.750. The predicted molar refractivity (Wildman–Crippen MR) is 40.3 cm³/mol. The molecule has 0 aromatic heterocycles. The van der Waals surface area contributed by atoms with Crippen LogP contribution in [-0.2, 0) is 0 Å². The Bertz CT molecular complexity index is 94.7. The zero-order valence-corrected chi connectivity index (χ0v) is 6.52. The molecule has 1 atom stereocenters. The lowest BCUT2D eigenvalue weighted by Crippen LogP contribution is -2.05. The Labute approximate surface area is 57.4 Å². The molecule has 0 fully saturated rings. The van der Waals surface area contributed by atoms with Gasteiger partial charge in [-0.2, -0.15) is 0 Å². The van der Waals surface area contributed by atoms with Gasteiger partial charge in [-0.15, -0.1) is 0 Å². The normalized spacial score (nSPS) is 15.8. The minimum absolute atomic E-state index is 0.218. The quantitative estimate of drug-likeness (QED) is 0.577. The second-order valence-corrected chi connectivity index (χ2v) is 2.28. The first-order valence-electron chi connectivity index (χ1n) is 3.57. The highest BCUT2D eigenvalue weighted by atomic mass is 16.3. The van der Waals surface area contributed by atoms with Crippen molar-refractivity contribution < 1.29 is 5.11 Å². The zero-order chi connectivity index (χ0) is 7.28. The van der Waals surface area contributed by atoms with Gasteiger partial charge >= 0.3 is 0 Å². The van der Waals surface area contributed by atoms with Crippen LogP contribution < -0.4 is 0 Å². The van der Waals surface area contributed by atoms with Crippen LogP contribution in [0.3, 0.4) is 0 Å². The van der Waals surface area contributed by atoms with Crippen molar-refractivity contribution in [1.82, 2.24) is 0 Å². The van der Waals surface area contributed by atoms with E-state index in [1.54, 1.807) is 0 Å². The highest BCUT2D eigenvalue weighted by Crippen LogP contribution is 2.04. The van der Waals surface area contributed by atoms with Gasteiger partial charge in [-0.1, -0.05) is 19.9 Å². The monoisotopic (exact) mass is 128 g/mol. The van der Waals surface area contributed by atoms with Crippen molar-refractivity contribution in [3.8, 4) is 0 Å². The summed E-state index contributed by atoms with van der Waals surface area (Å²) in [4.78, 5) is 0. The van der Waals surface area contributed by atoms with E-state index in [9.17, 15) is 5.11 Å². The van der Waals surface area contributed by atoms with E-state index in [2.05, 4.69) is 13.0 Å².